The molecule has 1 N–H and O–H groups in total. The topological polar surface area (TPSA) is 12.0 Å². The minimum atomic E-state index is 0.187. The molecule has 1 fully saturated rings. The fraction of sp³-hybridized carbons (Fsp3) is 0.647. The quantitative estimate of drug-likeness (QED) is 0.835. The van der Waals surface area contributed by atoms with Gasteiger partial charge in [-0.15, -0.1) is 0 Å². The lowest BCUT2D eigenvalue weighted by Gasteiger charge is -2.25. The zero-order valence-electron chi connectivity index (χ0n) is 12.1. The lowest BCUT2D eigenvalue weighted by molar-refractivity contribution is 0.421. The molecule has 0 aromatic heterocycles. The van der Waals surface area contributed by atoms with Crippen LogP contribution in [-0.4, -0.2) is 12.6 Å². The van der Waals surface area contributed by atoms with Gasteiger partial charge >= 0.3 is 0 Å². The molecule has 0 aliphatic heterocycles. The second-order valence-electron chi connectivity index (χ2n) is 6.39. The first kappa shape index (κ1) is 13.6. The van der Waals surface area contributed by atoms with Crippen LogP contribution in [0.4, 0.5) is 0 Å². The highest BCUT2D eigenvalue weighted by Gasteiger charge is 2.17. The highest BCUT2D eigenvalue weighted by atomic mass is 14.9. The van der Waals surface area contributed by atoms with E-state index < -0.39 is 0 Å². The van der Waals surface area contributed by atoms with Crippen molar-refractivity contribution in [1.82, 2.24) is 5.32 Å². The fourth-order valence-electron chi connectivity index (χ4n) is 2.94. The monoisotopic (exact) mass is 245 g/mol. The van der Waals surface area contributed by atoms with Crippen molar-refractivity contribution in [2.75, 3.05) is 7.05 Å². The molecule has 0 bridgehead atoms. The molecule has 0 spiro atoms. The molecule has 0 amide bonds. The standard InChI is InChI=1S/C17H27N/c1-17(2,18-3)13-14-9-11-16(12-10-14)15-7-5-4-6-8-15/h9-12,15,18H,4-8,13H2,1-3H3. The van der Waals surface area contributed by atoms with Crippen molar-refractivity contribution in [3.05, 3.63) is 35.4 Å². The van der Waals surface area contributed by atoms with Gasteiger partial charge in [-0.05, 0) is 57.2 Å². The highest BCUT2D eigenvalue weighted by Crippen LogP contribution is 2.32. The van der Waals surface area contributed by atoms with E-state index in [2.05, 4.69) is 43.4 Å². The number of nitrogens with one attached hydrogen (secondary N) is 1. The third kappa shape index (κ3) is 3.58. The van der Waals surface area contributed by atoms with Gasteiger partial charge in [0, 0.05) is 5.54 Å². The van der Waals surface area contributed by atoms with Crippen LogP contribution >= 0.6 is 0 Å². The Morgan fingerprint density at radius 1 is 1.06 bits per heavy atom. The largest absolute Gasteiger partial charge is 0.314 e. The van der Waals surface area contributed by atoms with Gasteiger partial charge in [0.1, 0.15) is 0 Å². The van der Waals surface area contributed by atoms with E-state index in [1.165, 1.54) is 37.7 Å². The Labute approximate surface area is 112 Å². The Bertz CT molecular complexity index is 358. The van der Waals surface area contributed by atoms with Gasteiger partial charge in [0.25, 0.3) is 0 Å². The minimum absolute atomic E-state index is 0.187. The summed E-state index contributed by atoms with van der Waals surface area (Å²) in [6, 6.07) is 9.36. The zero-order valence-corrected chi connectivity index (χ0v) is 12.1. The fourth-order valence-corrected chi connectivity index (χ4v) is 2.94. The maximum atomic E-state index is 3.37. The second kappa shape index (κ2) is 5.88. The normalized spacial score (nSPS) is 17.9. The van der Waals surface area contributed by atoms with E-state index in [1.807, 2.05) is 7.05 Å². The van der Waals surface area contributed by atoms with Crippen molar-refractivity contribution in [3.8, 4) is 0 Å². The number of rotatable bonds is 4. The molecule has 2 rings (SSSR count). The van der Waals surface area contributed by atoms with Crippen LogP contribution in [-0.2, 0) is 6.42 Å². The molecule has 1 nitrogen and oxygen atoms in total. The van der Waals surface area contributed by atoms with Crippen LogP contribution in [0.5, 0.6) is 0 Å². The first-order valence-corrected chi connectivity index (χ1v) is 7.38. The molecule has 1 aliphatic rings. The first-order chi connectivity index (χ1) is 8.61. The zero-order chi connectivity index (χ0) is 13.0. The van der Waals surface area contributed by atoms with Crippen molar-refractivity contribution >= 4 is 0 Å². The Morgan fingerprint density at radius 3 is 2.22 bits per heavy atom. The molecule has 1 heteroatoms. The molecule has 0 saturated heterocycles. The summed E-state index contributed by atoms with van der Waals surface area (Å²) in [5.74, 6) is 0.824. The Hall–Kier alpha value is -0.820. The third-order valence-electron chi connectivity index (χ3n) is 4.38. The van der Waals surface area contributed by atoms with Crippen LogP contribution in [0, 0.1) is 0 Å². The molecular weight excluding hydrogens is 218 g/mol. The number of benzene rings is 1. The van der Waals surface area contributed by atoms with E-state index in [0.717, 1.165) is 12.3 Å². The molecule has 18 heavy (non-hydrogen) atoms. The Kier molecular flexibility index (Phi) is 4.45. The van der Waals surface area contributed by atoms with Crippen LogP contribution in [0.15, 0.2) is 24.3 Å². The summed E-state index contributed by atoms with van der Waals surface area (Å²) < 4.78 is 0. The average Bonchev–Trinajstić information content (AvgIpc) is 2.40. The number of hydrogen-bond donors (Lipinski definition) is 1. The third-order valence-corrected chi connectivity index (χ3v) is 4.38. The van der Waals surface area contributed by atoms with Gasteiger partial charge in [-0.3, -0.25) is 0 Å². The summed E-state index contributed by atoms with van der Waals surface area (Å²) >= 11 is 0. The van der Waals surface area contributed by atoms with Crippen molar-refractivity contribution in [2.24, 2.45) is 0 Å². The van der Waals surface area contributed by atoms with Crippen LogP contribution < -0.4 is 5.32 Å². The molecule has 0 unspecified atom stereocenters. The molecule has 100 valence electrons. The van der Waals surface area contributed by atoms with Crippen molar-refractivity contribution < 1.29 is 0 Å². The molecule has 1 aromatic rings. The summed E-state index contributed by atoms with van der Waals surface area (Å²) in [4.78, 5) is 0. The summed E-state index contributed by atoms with van der Waals surface area (Å²) in [5, 5.41) is 3.37. The molecule has 1 aliphatic carbocycles. The van der Waals surface area contributed by atoms with E-state index in [9.17, 15) is 0 Å². The molecule has 0 heterocycles. The smallest absolute Gasteiger partial charge is 0.0162 e. The summed E-state index contributed by atoms with van der Waals surface area (Å²) in [6.45, 7) is 4.50. The molecule has 0 atom stereocenters. The van der Waals surface area contributed by atoms with Gasteiger partial charge in [0.15, 0.2) is 0 Å². The second-order valence-corrected chi connectivity index (χ2v) is 6.39. The summed E-state index contributed by atoms with van der Waals surface area (Å²) in [7, 11) is 2.04. The SMILES string of the molecule is CNC(C)(C)Cc1ccc(C2CCCCC2)cc1. The predicted molar refractivity (Wildman–Crippen MR) is 79.1 cm³/mol. The van der Waals surface area contributed by atoms with E-state index in [0.29, 0.717) is 0 Å². The van der Waals surface area contributed by atoms with E-state index in [4.69, 9.17) is 0 Å². The number of likely N-dealkylation sites (N-methyl/N-ethyl adjacent to an activating group) is 1. The lowest BCUT2D eigenvalue weighted by atomic mass is 9.83. The maximum absolute atomic E-state index is 3.37. The van der Waals surface area contributed by atoms with Crippen LogP contribution in [0.25, 0.3) is 0 Å². The van der Waals surface area contributed by atoms with Gasteiger partial charge in [0.05, 0.1) is 0 Å². The van der Waals surface area contributed by atoms with E-state index in [1.54, 1.807) is 5.56 Å². The summed E-state index contributed by atoms with van der Waals surface area (Å²) in [5.41, 5.74) is 3.18. The van der Waals surface area contributed by atoms with Gasteiger partial charge in [0.2, 0.25) is 0 Å². The van der Waals surface area contributed by atoms with Crippen molar-refractivity contribution in [1.29, 1.82) is 0 Å². The Morgan fingerprint density at radius 2 is 1.67 bits per heavy atom. The van der Waals surface area contributed by atoms with Crippen LogP contribution in [0.1, 0.15) is 63.0 Å². The van der Waals surface area contributed by atoms with Crippen molar-refractivity contribution in [2.45, 2.75) is 63.8 Å². The molecule has 0 radical (unpaired) electrons. The average molecular weight is 245 g/mol. The van der Waals surface area contributed by atoms with Gasteiger partial charge in [-0.25, -0.2) is 0 Å². The summed E-state index contributed by atoms with van der Waals surface area (Å²) in [6.07, 6.45) is 8.14. The lowest BCUT2D eigenvalue weighted by Crippen LogP contribution is -2.38. The van der Waals surface area contributed by atoms with E-state index >= 15 is 0 Å². The van der Waals surface area contributed by atoms with Crippen LogP contribution in [0.2, 0.25) is 0 Å². The Balaban J connectivity index is 2.00. The number of hydrogen-bond acceptors (Lipinski definition) is 1. The van der Waals surface area contributed by atoms with Gasteiger partial charge < -0.3 is 5.32 Å². The molecule has 1 aromatic carbocycles. The molecular formula is C17H27N. The molecule has 1 saturated carbocycles. The van der Waals surface area contributed by atoms with Crippen LogP contribution in [0.3, 0.4) is 0 Å². The minimum Gasteiger partial charge on any atom is -0.314 e. The first-order valence-electron chi connectivity index (χ1n) is 7.38. The maximum Gasteiger partial charge on any atom is 0.0162 e. The van der Waals surface area contributed by atoms with Gasteiger partial charge in [-0.1, -0.05) is 43.5 Å². The highest BCUT2D eigenvalue weighted by molar-refractivity contribution is 5.26. The van der Waals surface area contributed by atoms with Gasteiger partial charge in [-0.2, -0.15) is 0 Å². The predicted octanol–water partition coefficient (Wildman–Crippen LogP) is 4.27. The van der Waals surface area contributed by atoms with Crippen molar-refractivity contribution in [3.63, 3.8) is 0 Å². The van der Waals surface area contributed by atoms with E-state index in [-0.39, 0.29) is 5.54 Å².